The van der Waals surface area contributed by atoms with E-state index in [1.54, 1.807) is 11.0 Å². The molecule has 0 saturated carbocycles. The summed E-state index contributed by atoms with van der Waals surface area (Å²) >= 11 is 5.64. The molecule has 1 aliphatic heterocycles. The first-order valence-corrected chi connectivity index (χ1v) is 7.00. The lowest BCUT2D eigenvalue weighted by atomic mass is 10.0. The van der Waals surface area contributed by atoms with E-state index in [4.69, 9.17) is 16.3 Å². The third-order valence-electron chi connectivity index (χ3n) is 3.44. The molecule has 2 unspecified atom stereocenters. The Bertz CT molecular complexity index is 478. The summed E-state index contributed by atoms with van der Waals surface area (Å²) in [5, 5.41) is 0. The number of nitrogens with zero attached hydrogens (tertiary/aromatic N) is 1. The summed E-state index contributed by atoms with van der Waals surface area (Å²) < 4.78 is 45.2. The monoisotopic (exact) mass is 307 g/mol. The molecule has 6 heteroatoms. The molecule has 1 aromatic carbocycles. The SMILES string of the molecule is CC1CN(c2ccc(CCl)cc2C(F)(F)F)C(C)CO1. The van der Waals surface area contributed by atoms with Crippen LogP contribution in [0.4, 0.5) is 18.9 Å². The minimum Gasteiger partial charge on any atom is -0.375 e. The molecule has 0 N–H and O–H groups in total. The fourth-order valence-electron chi connectivity index (χ4n) is 2.38. The summed E-state index contributed by atoms with van der Waals surface area (Å²) in [6, 6.07) is 4.20. The van der Waals surface area contributed by atoms with E-state index in [-0.39, 0.29) is 23.7 Å². The molecule has 2 rings (SSSR count). The van der Waals surface area contributed by atoms with Crippen molar-refractivity contribution in [2.24, 2.45) is 0 Å². The second-order valence-corrected chi connectivity index (χ2v) is 5.40. The van der Waals surface area contributed by atoms with Crippen LogP contribution in [0.15, 0.2) is 18.2 Å². The first kappa shape index (κ1) is 15.4. The Morgan fingerprint density at radius 2 is 2.05 bits per heavy atom. The number of alkyl halides is 4. The van der Waals surface area contributed by atoms with E-state index < -0.39 is 11.7 Å². The van der Waals surface area contributed by atoms with Crippen LogP contribution < -0.4 is 4.90 Å². The molecule has 0 radical (unpaired) electrons. The molecule has 0 spiro atoms. The molecule has 0 aliphatic carbocycles. The maximum atomic E-state index is 13.2. The number of rotatable bonds is 2. The van der Waals surface area contributed by atoms with Crippen LogP contribution in [0.2, 0.25) is 0 Å². The van der Waals surface area contributed by atoms with Gasteiger partial charge in [0.05, 0.1) is 18.3 Å². The first-order valence-electron chi connectivity index (χ1n) is 6.47. The molecule has 112 valence electrons. The number of morpholine rings is 1. The molecule has 1 saturated heterocycles. The molecule has 1 aromatic rings. The maximum absolute atomic E-state index is 13.2. The van der Waals surface area contributed by atoms with Crippen molar-refractivity contribution in [2.75, 3.05) is 18.1 Å². The Labute approximate surface area is 121 Å². The molecule has 0 amide bonds. The van der Waals surface area contributed by atoms with Crippen LogP contribution in [0, 0.1) is 0 Å². The Balaban J connectivity index is 2.44. The van der Waals surface area contributed by atoms with E-state index in [2.05, 4.69) is 0 Å². The van der Waals surface area contributed by atoms with Gasteiger partial charge in [0.2, 0.25) is 0 Å². The second-order valence-electron chi connectivity index (χ2n) is 5.13. The number of hydrogen-bond acceptors (Lipinski definition) is 2. The average Bonchev–Trinajstić information content (AvgIpc) is 2.40. The fraction of sp³-hybridized carbons (Fsp3) is 0.571. The second kappa shape index (κ2) is 5.82. The predicted molar refractivity (Wildman–Crippen MR) is 73.2 cm³/mol. The van der Waals surface area contributed by atoms with E-state index in [0.29, 0.717) is 18.7 Å². The van der Waals surface area contributed by atoms with Crippen LogP contribution in [-0.4, -0.2) is 25.3 Å². The zero-order chi connectivity index (χ0) is 14.9. The van der Waals surface area contributed by atoms with Crippen molar-refractivity contribution in [2.45, 2.75) is 38.0 Å². The van der Waals surface area contributed by atoms with Gasteiger partial charge in [-0.05, 0) is 31.5 Å². The predicted octanol–water partition coefficient (Wildman–Crippen LogP) is 4.06. The van der Waals surface area contributed by atoms with Crippen molar-refractivity contribution in [1.29, 1.82) is 0 Å². The molecule has 0 aromatic heterocycles. The van der Waals surface area contributed by atoms with Gasteiger partial charge in [0.25, 0.3) is 0 Å². The van der Waals surface area contributed by atoms with Crippen molar-refractivity contribution in [3.05, 3.63) is 29.3 Å². The number of anilines is 1. The fourth-order valence-corrected chi connectivity index (χ4v) is 2.55. The Morgan fingerprint density at radius 3 is 2.65 bits per heavy atom. The van der Waals surface area contributed by atoms with Gasteiger partial charge in [0, 0.05) is 24.2 Å². The van der Waals surface area contributed by atoms with E-state index >= 15 is 0 Å². The number of halogens is 4. The normalized spacial score (nSPS) is 24.0. The van der Waals surface area contributed by atoms with Gasteiger partial charge in [-0.15, -0.1) is 11.6 Å². The molecule has 0 bridgehead atoms. The summed E-state index contributed by atoms with van der Waals surface area (Å²) in [6.45, 7) is 4.60. The van der Waals surface area contributed by atoms with Crippen molar-refractivity contribution in [3.8, 4) is 0 Å². The van der Waals surface area contributed by atoms with Crippen molar-refractivity contribution in [3.63, 3.8) is 0 Å². The lowest BCUT2D eigenvalue weighted by molar-refractivity contribution is -0.137. The molecule has 1 aliphatic rings. The first-order chi connectivity index (χ1) is 9.32. The van der Waals surface area contributed by atoms with Gasteiger partial charge in [-0.3, -0.25) is 0 Å². The van der Waals surface area contributed by atoms with Crippen LogP contribution in [0.3, 0.4) is 0 Å². The summed E-state index contributed by atoms with van der Waals surface area (Å²) in [5.74, 6) is 0.0679. The minimum atomic E-state index is -4.39. The smallest absolute Gasteiger partial charge is 0.375 e. The van der Waals surface area contributed by atoms with Gasteiger partial charge in [-0.1, -0.05) is 6.07 Å². The average molecular weight is 308 g/mol. The lowest BCUT2D eigenvalue weighted by Crippen LogP contribution is -2.48. The Kier molecular flexibility index (Phi) is 4.49. The molecule has 20 heavy (non-hydrogen) atoms. The van der Waals surface area contributed by atoms with E-state index in [9.17, 15) is 13.2 Å². The number of benzene rings is 1. The van der Waals surface area contributed by atoms with Gasteiger partial charge >= 0.3 is 6.18 Å². The van der Waals surface area contributed by atoms with Crippen LogP contribution in [0.1, 0.15) is 25.0 Å². The zero-order valence-corrected chi connectivity index (χ0v) is 12.1. The van der Waals surface area contributed by atoms with Crippen molar-refractivity contribution < 1.29 is 17.9 Å². The third kappa shape index (κ3) is 3.20. The van der Waals surface area contributed by atoms with Gasteiger partial charge in [0.15, 0.2) is 0 Å². The Hall–Kier alpha value is -0.940. The van der Waals surface area contributed by atoms with Crippen LogP contribution in [-0.2, 0) is 16.8 Å². The van der Waals surface area contributed by atoms with Gasteiger partial charge in [0.1, 0.15) is 0 Å². The molecule has 1 heterocycles. The molecule has 2 nitrogen and oxygen atoms in total. The van der Waals surface area contributed by atoms with Crippen LogP contribution >= 0.6 is 11.6 Å². The van der Waals surface area contributed by atoms with Crippen molar-refractivity contribution >= 4 is 17.3 Å². The summed E-state index contributed by atoms with van der Waals surface area (Å²) in [4.78, 5) is 1.76. The van der Waals surface area contributed by atoms with E-state index in [0.717, 1.165) is 6.07 Å². The highest BCUT2D eigenvalue weighted by molar-refractivity contribution is 6.17. The highest BCUT2D eigenvalue weighted by atomic mass is 35.5. The highest BCUT2D eigenvalue weighted by Crippen LogP contribution is 2.38. The zero-order valence-electron chi connectivity index (χ0n) is 11.4. The number of hydrogen-bond donors (Lipinski definition) is 0. The molecule has 1 fully saturated rings. The summed E-state index contributed by atoms with van der Waals surface area (Å²) in [6.07, 6.45) is -4.47. The molecular weight excluding hydrogens is 291 g/mol. The third-order valence-corrected chi connectivity index (χ3v) is 3.75. The van der Waals surface area contributed by atoms with Crippen molar-refractivity contribution in [1.82, 2.24) is 0 Å². The maximum Gasteiger partial charge on any atom is 0.418 e. The van der Waals surface area contributed by atoms with Crippen LogP contribution in [0.25, 0.3) is 0 Å². The molecular formula is C14H17ClF3NO. The quantitative estimate of drug-likeness (QED) is 0.764. The van der Waals surface area contributed by atoms with Gasteiger partial charge in [-0.2, -0.15) is 13.2 Å². The van der Waals surface area contributed by atoms with E-state index in [1.165, 1.54) is 6.07 Å². The van der Waals surface area contributed by atoms with Gasteiger partial charge < -0.3 is 9.64 Å². The van der Waals surface area contributed by atoms with E-state index in [1.807, 2.05) is 13.8 Å². The highest BCUT2D eigenvalue weighted by Gasteiger charge is 2.37. The Morgan fingerprint density at radius 1 is 1.35 bits per heavy atom. The lowest BCUT2D eigenvalue weighted by Gasteiger charge is -2.39. The van der Waals surface area contributed by atoms with Crippen LogP contribution in [0.5, 0.6) is 0 Å². The minimum absolute atomic E-state index is 0.0679. The standard InChI is InChI=1S/C14H17ClF3NO/c1-9-8-20-10(2)7-19(9)13-4-3-11(6-15)5-12(13)14(16,17)18/h3-5,9-10H,6-8H2,1-2H3. The largest absolute Gasteiger partial charge is 0.418 e. The molecule has 2 atom stereocenters. The number of ether oxygens (including phenoxy) is 1. The van der Waals surface area contributed by atoms with Gasteiger partial charge in [-0.25, -0.2) is 0 Å². The summed E-state index contributed by atoms with van der Waals surface area (Å²) in [7, 11) is 0. The topological polar surface area (TPSA) is 12.5 Å². The summed E-state index contributed by atoms with van der Waals surface area (Å²) in [5.41, 5.74) is 0.0438.